The Hall–Kier alpha value is -1.94. The van der Waals surface area contributed by atoms with Crippen LogP contribution in [0.5, 0.6) is 5.75 Å². The highest BCUT2D eigenvalue weighted by atomic mass is 16.5. The Bertz CT molecular complexity index is 472. The largest absolute Gasteiger partial charge is 0.494 e. The lowest BCUT2D eigenvalue weighted by atomic mass is 10.1. The number of pyridine rings is 2. The Kier molecular flexibility index (Phi) is 3.12. The highest BCUT2D eigenvalue weighted by molar-refractivity contribution is 5.65. The summed E-state index contributed by atoms with van der Waals surface area (Å²) in [5.41, 5.74) is 2.18. The fraction of sp³-hybridized carbons (Fsp3) is 0.167. The molecule has 0 fully saturated rings. The number of nitrogens with zero attached hydrogens (tertiary/aromatic N) is 2. The Morgan fingerprint density at radius 2 is 2.19 bits per heavy atom. The molecule has 0 atom stereocenters. The first-order valence-electron chi connectivity index (χ1n) is 4.90. The smallest absolute Gasteiger partial charge is 0.145 e. The molecule has 0 aromatic carbocycles. The van der Waals surface area contributed by atoms with Gasteiger partial charge in [0.2, 0.25) is 0 Å². The van der Waals surface area contributed by atoms with Gasteiger partial charge >= 0.3 is 0 Å². The Labute approximate surface area is 93.6 Å². The van der Waals surface area contributed by atoms with Crippen molar-refractivity contribution in [3.05, 3.63) is 42.4 Å². The van der Waals surface area contributed by atoms with Gasteiger partial charge in [-0.05, 0) is 24.3 Å². The van der Waals surface area contributed by atoms with E-state index in [4.69, 9.17) is 9.84 Å². The van der Waals surface area contributed by atoms with E-state index in [0.29, 0.717) is 17.1 Å². The van der Waals surface area contributed by atoms with E-state index in [9.17, 15) is 0 Å². The topological polar surface area (TPSA) is 55.2 Å². The lowest BCUT2D eigenvalue weighted by Gasteiger charge is -2.08. The number of aliphatic hydroxyl groups excluding tert-OH is 1. The van der Waals surface area contributed by atoms with Crippen LogP contribution in [-0.2, 0) is 6.61 Å². The van der Waals surface area contributed by atoms with Gasteiger partial charge < -0.3 is 9.84 Å². The molecular weight excluding hydrogens is 204 g/mol. The van der Waals surface area contributed by atoms with Crippen LogP contribution < -0.4 is 4.74 Å². The summed E-state index contributed by atoms with van der Waals surface area (Å²) < 4.78 is 5.23. The lowest BCUT2D eigenvalue weighted by molar-refractivity contribution is 0.276. The van der Waals surface area contributed by atoms with E-state index in [-0.39, 0.29) is 6.61 Å². The Balaban J connectivity index is 2.53. The van der Waals surface area contributed by atoms with Crippen LogP contribution in [-0.4, -0.2) is 22.2 Å². The molecule has 16 heavy (non-hydrogen) atoms. The maximum atomic E-state index is 9.05. The summed E-state index contributed by atoms with van der Waals surface area (Å²) in [7, 11) is 1.59. The van der Waals surface area contributed by atoms with Crippen LogP contribution in [0.25, 0.3) is 11.3 Å². The number of hydrogen-bond acceptors (Lipinski definition) is 4. The van der Waals surface area contributed by atoms with E-state index >= 15 is 0 Å². The van der Waals surface area contributed by atoms with Crippen molar-refractivity contribution in [1.29, 1.82) is 0 Å². The molecule has 0 aliphatic heterocycles. The second kappa shape index (κ2) is 4.72. The lowest BCUT2D eigenvalue weighted by Crippen LogP contribution is -1.96. The second-order valence-electron chi connectivity index (χ2n) is 3.25. The maximum absolute atomic E-state index is 9.05. The third-order valence-corrected chi connectivity index (χ3v) is 2.23. The molecule has 1 N–H and O–H groups in total. The van der Waals surface area contributed by atoms with Gasteiger partial charge in [-0.1, -0.05) is 0 Å². The summed E-state index contributed by atoms with van der Waals surface area (Å²) in [6.45, 7) is -0.0861. The molecule has 4 nitrogen and oxygen atoms in total. The standard InChI is InChI=1S/C12H12N2O2/c1-16-11-5-4-10(8-15)14-12(11)9-3-2-6-13-7-9/h2-7,15H,8H2,1H3. The summed E-state index contributed by atoms with van der Waals surface area (Å²) in [4.78, 5) is 8.35. The third-order valence-electron chi connectivity index (χ3n) is 2.23. The number of methoxy groups -OCH3 is 1. The van der Waals surface area contributed by atoms with Crippen molar-refractivity contribution in [1.82, 2.24) is 9.97 Å². The molecule has 0 saturated heterocycles. The first-order chi connectivity index (χ1) is 7.85. The predicted molar refractivity (Wildman–Crippen MR) is 59.9 cm³/mol. The molecule has 4 heteroatoms. The van der Waals surface area contributed by atoms with Gasteiger partial charge in [0.1, 0.15) is 11.4 Å². The van der Waals surface area contributed by atoms with Crippen LogP contribution in [0.15, 0.2) is 36.7 Å². The monoisotopic (exact) mass is 216 g/mol. The molecule has 0 unspecified atom stereocenters. The Morgan fingerprint density at radius 3 is 2.81 bits per heavy atom. The van der Waals surface area contributed by atoms with Gasteiger partial charge in [-0.15, -0.1) is 0 Å². The van der Waals surface area contributed by atoms with Crippen LogP contribution in [0, 0.1) is 0 Å². The quantitative estimate of drug-likeness (QED) is 0.847. The first-order valence-corrected chi connectivity index (χ1v) is 4.90. The van der Waals surface area contributed by atoms with E-state index in [1.807, 2.05) is 12.1 Å². The molecule has 2 heterocycles. The van der Waals surface area contributed by atoms with Crippen LogP contribution in [0.2, 0.25) is 0 Å². The number of ether oxygens (including phenoxy) is 1. The van der Waals surface area contributed by atoms with E-state index in [1.165, 1.54) is 0 Å². The van der Waals surface area contributed by atoms with E-state index < -0.39 is 0 Å². The van der Waals surface area contributed by atoms with E-state index in [2.05, 4.69) is 9.97 Å². The minimum atomic E-state index is -0.0861. The summed E-state index contributed by atoms with van der Waals surface area (Å²) >= 11 is 0. The average Bonchev–Trinajstić information content (AvgIpc) is 2.39. The van der Waals surface area contributed by atoms with Crippen LogP contribution in [0.1, 0.15) is 5.69 Å². The fourth-order valence-corrected chi connectivity index (χ4v) is 1.45. The molecule has 0 amide bonds. The second-order valence-corrected chi connectivity index (χ2v) is 3.25. The van der Waals surface area contributed by atoms with Crippen LogP contribution in [0.3, 0.4) is 0 Å². The van der Waals surface area contributed by atoms with E-state index in [0.717, 1.165) is 5.56 Å². The SMILES string of the molecule is COc1ccc(CO)nc1-c1cccnc1. The highest BCUT2D eigenvalue weighted by Gasteiger charge is 2.08. The van der Waals surface area contributed by atoms with E-state index in [1.54, 1.807) is 31.6 Å². The minimum absolute atomic E-state index is 0.0861. The minimum Gasteiger partial charge on any atom is -0.494 e. The van der Waals surface area contributed by atoms with Crippen molar-refractivity contribution >= 4 is 0 Å². The zero-order chi connectivity index (χ0) is 11.4. The van der Waals surface area contributed by atoms with Gasteiger partial charge in [0, 0.05) is 18.0 Å². The molecule has 82 valence electrons. The van der Waals surface area contributed by atoms with Crippen molar-refractivity contribution in [2.45, 2.75) is 6.61 Å². The third kappa shape index (κ3) is 2.01. The van der Waals surface area contributed by atoms with Crippen molar-refractivity contribution in [2.75, 3.05) is 7.11 Å². The van der Waals surface area contributed by atoms with Gasteiger partial charge in [0.15, 0.2) is 0 Å². The fourth-order valence-electron chi connectivity index (χ4n) is 1.45. The molecule has 2 aromatic rings. The van der Waals surface area contributed by atoms with Crippen molar-refractivity contribution in [2.24, 2.45) is 0 Å². The zero-order valence-electron chi connectivity index (χ0n) is 8.92. The van der Waals surface area contributed by atoms with Crippen LogP contribution >= 0.6 is 0 Å². The molecule has 2 rings (SSSR count). The predicted octanol–water partition coefficient (Wildman–Crippen LogP) is 1.64. The van der Waals surface area contributed by atoms with Gasteiger partial charge in [0.25, 0.3) is 0 Å². The molecule has 0 radical (unpaired) electrons. The van der Waals surface area contributed by atoms with Gasteiger partial charge in [-0.2, -0.15) is 0 Å². The molecule has 0 aliphatic carbocycles. The van der Waals surface area contributed by atoms with Crippen LogP contribution in [0.4, 0.5) is 0 Å². The summed E-state index contributed by atoms with van der Waals surface area (Å²) in [6.07, 6.45) is 3.41. The summed E-state index contributed by atoms with van der Waals surface area (Å²) in [5, 5.41) is 9.05. The Morgan fingerprint density at radius 1 is 1.31 bits per heavy atom. The zero-order valence-corrected chi connectivity index (χ0v) is 8.92. The summed E-state index contributed by atoms with van der Waals surface area (Å²) in [6, 6.07) is 7.26. The van der Waals surface area contributed by atoms with Crippen molar-refractivity contribution in [3.8, 4) is 17.0 Å². The molecule has 0 spiro atoms. The van der Waals surface area contributed by atoms with Gasteiger partial charge in [-0.25, -0.2) is 4.98 Å². The maximum Gasteiger partial charge on any atom is 0.145 e. The first kappa shape index (κ1) is 10.6. The summed E-state index contributed by atoms with van der Waals surface area (Å²) in [5.74, 6) is 0.671. The highest BCUT2D eigenvalue weighted by Crippen LogP contribution is 2.27. The molecule has 2 aromatic heterocycles. The molecular formula is C12H12N2O2. The average molecular weight is 216 g/mol. The number of aliphatic hydroxyl groups is 1. The number of hydrogen-bond donors (Lipinski definition) is 1. The molecule has 0 saturated carbocycles. The van der Waals surface area contributed by atoms with Gasteiger partial charge in [-0.3, -0.25) is 4.98 Å². The van der Waals surface area contributed by atoms with Crippen molar-refractivity contribution in [3.63, 3.8) is 0 Å². The molecule has 0 aliphatic rings. The number of aromatic nitrogens is 2. The normalized spacial score (nSPS) is 10.1. The van der Waals surface area contributed by atoms with Crippen molar-refractivity contribution < 1.29 is 9.84 Å². The molecule has 0 bridgehead atoms. The number of rotatable bonds is 3. The van der Waals surface area contributed by atoms with Gasteiger partial charge in [0.05, 0.1) is 19.4 Å².